The largest absolute Gasteiger partial charge is 0.325 e. The number of rotatable bonds is 5. The molecule has 1 amide bonds. The van der Waals surface area contributed by atoms with Crippen LogP contribution in [0.1, 0.15) is 49.5 Å². The van der Waals surface area contributed by atoms with E-state index >= 15 is 0 Å². The topological polar surface area (TPSA) is 20.3 Å². The number of nitrogens with zero attached hydrogens (tertiary/aromatic N) is 1. The first-order valence-corrected chi connectivity index (χ1v) is 11.8. The van der Waals surface area contributed by atoms with Gasteiger partial charge in [0.15, 0.2) is 0 Å². The first-order valence-electron chi connectivity index (χ1n) is 9.81. The summed E-state index contributed by atoms with van der Waals surface area (Å²) in [6.07, 6.45) is 8.89. The molecule has 6 rings (SSSR count). The van der Waals surface area contributed by atoms with Crippen molar-refractivity contribution in [3.8, 4) is 0 Å². The Morgan fingerprint density at radius 1 is 1.04 bits per heavy atom. The normalized spacial score (nSPS) is 39.4. The fourth-order valence-electron chi connectivity index (χ4n) is 6.16. The third kappa shape index (κ3) is 3.14. The Morgan fingerprint density at radius 3 is 2.32 bits per heavy atom. The molecule has 1 aliphatic heterocycles. The van der Waals surface area contributed by atoms with E-state index in [1.165, 1.54) is 44.1 Å². The van der Waals surface area contributed by atoms with Gasteiger partial charge in [0.2, 0.25) is 5.91 Å². The van der Waals surface area contributed by atoms with Crippen LogP contribution in [-0.4, -0.2) is 33.6 Å². The van der Waals surface area contributed by atoms with Gasteiger partial charge in [-0.15, -0.1) is 11.8 Å². The Morgan fingerprint density at radius 2 is 1.68 bits per heavy atom. The lowest BCUT2D eigenvalue weighted by atomic mass is 9.56. The van der Waals surface area contributed by atoms with Crippen molar-refractivity contribution in [2.75, 3.05) is 18.1 Å². The minimum Gasteiger partial charge on any atom is -0.325 e. The molecule has 1 atom stereocenters. The molecule has 1 saturated heterocycles. The van der Waals surface area contributed by atoms with Crippen molar-refractivity contribution in [1.82, 2.24) is 4.90 Å². The summed E-state index contributed by atoms with van der Waals surface area (Å²) in [7, 11) is 0. The Hall–Kier alpha value is -0.610. The van der Waals surface area contributed by atoms with Crippen LogP contribution in [0, 0.1) is 17.8 Å². The van der Waals surface area contributed by atoms with Gasteiger partial charge in [0.1, 0.15) is 5.37 Å². The van der Waals surface area contributed by atoms with Crippen molar-refractivity contribution in [3.63, 3.8) is 0 Å². The average Bonchev–Trinajstić information content (AvgIpc) is 2.95. The summed E-state index contributed by atoms with van der Waals surface area (Å²) in [5.74, 6) is 5.12. The van der Waals surface area contributed by atoms with Crippen LogP contribution in [0.4, 0.5) is 0 Å². The highest BCUT2D eigenvalue weighted by atomic mass is 32.2. The zero-order valence-electron chi connectivity index (χ0n) is 14.7. The van der Waals surface area contributed by atoms with Gasteiger partial charge in [-0.2, -0.15) is 11.8 Å². The third-order valence-electron chi connectivity index (χ3n) is 6.78. The first-order chi connectivity index (χ1) is 12.2. The standard InChI is InChI=1S/C21H27NOS2/c23-19-14-24-20(18-4-2-1-3-5-18)22(19)6-7-25-21-11-15-8-16(12-21)10-17(9-15)13-21/h1-5,15-17,20H,6-14H2. The van der Waals surface area contributed by atoms with Crippen LogP contribution in [0.3, 0.4) is 0 Å². The van der Waals surface area contributed by atoms with Gasteiger partial charge in [0, 0.05) is 17.0 Å². The Balaban J connectivity index is 1.23. The highest BCUT2D eigenvalue weighted by Gasteiger charge is 2.51. The van der Waals surface area contributed by atoms with Crippen LogP contribution in [-0.2, 0) is 4.79 Å². The predicted molar refractivity (Wildman–Crippen MR) is 107 cm³/mol. The van der Waals surface area contributed by atoms with Gasteiger partial charge < -0.3 is 4.90 Å². The molecule has 134 valence electrons. The summed E-state index contributed by atoms with van der Waals surface area (Å²) in [4.78, 5) is 14.5. The molecule has 1 aromatic rings. The summed E-state index contributed by atoms with van der Waals surface area (Å²) in [5, 5.41) is 0.227. The van der Waals surface area contributed by atoms with Crippen molar-refractivity contribution >= 4 is 29.4 Å². The molecule has 1 unspecified atom stereocenters. The Kier molecular flexibility index (Phi) is 4.32. The fraction of sp³-hybridized carbons (Fsp3) is 0.667. The van der Waals surface area contributed by atoms with Gasteiger partial charge in [0.25, 0.3) is 0 Å². The molecule has 1 aromatic carbocycles. The molecular weight excluding hydrogens is 346 g/mol. The molecule has 2 nitrogen and oxygen atoms in total. The second kappa shape index (κ2) is 6.53. The SMILES string of the molecule is O=C1CSC(c2ccccc2)N1CCSC12CC3CC(CC(C3)C1)C2. The fourth-order valence-corrected chi connectivity index (χ4v) is 9.16. The molecule has 0 spiro atoms. The van der Waals surface area contributed by atoms with Crippen molar-refractivity contribution in [1.29, 1.82) is 0 Å². The molecular formula is C21H27NOS2. The zero-order valence-corrected chi connectivity index (χ0v) is 16.4. The minimum absolute atomic E-state index is 0.227. The highest BCUT2D eigenvalue weighted by molar-refractivity contribution is 8.01. The van der Waals surface area contributed by atoms with Crippen molar-refractivity contribution in [3.05, 3.63) is 35.9 Å². The lowest BCUT2D eigenvalue weighted by Gasteiger charge is -2.56. The van der Waals surface area contributed by atoms with E-state index in [2.05, 4.69) is 47.0 Å². The van der Waals surface area contributed by atoms with E-state index in [1.54, 1.807) is 11.8 Å². The second-order valence-electron chi connectivity index (χ2n) is 8.61. The summed E-state index contributed by atoms with van der Waals surface area (Å²) >= 11 is 4.01. The van der Waals surface area contributed by atoms with Crippen molar-refractivity contribution < 1.29 is 4.79 Å². The summed E-state index contributed by atoms with van der Waals surface area (Å²) in [5.41, 5.74) is 1.28. The lowest BCUT2D eigenvalue weighted by Crippen LogP contribution is -2.49. The van der Waals surface area contributed by atoms with Crippen LogP contribution in [0.2, 0.25) is 0 Å². The molecule has 4 aliphatic carbocycles. The van der Waals surface area contributed by atoms with Crippen LogP contribution >= 0.6 is 23.5 Å². The number of hydrogen-bond donors (Lipinski definition) is 0. The maximum atomic E-state index is 12.4. The zero-order chi connectivity index (χ0) is 16.9. The van der Waals surface area contributed by atoms with E-state index in [0.29, 0.717) is 16.4 Å². The Bertz CT molecular complexity index is 611. The molecule has 25 heavy (non-hydrogen) atoms. The summed E-state index contributed by atoms with van der Waals surface area (Å²) in [6, 6.07) is 10.5. The number of benzene rings is 1. The lowest BCUT2D eigenvalue weighted by molar-refractivity contribution is -0.127. The monoisotopic (exact) mass is 373 g/mol. The maximum Gasteiger partial charge on any atom is 0.233 e. The number of carbonyl (C=O) groups excluding carboxylic acids is 1. The van der Waals surface area contributed by atoms with E-state index in [4.69, 9.17) is 0 Å². The van der Waals surface area contributed by atoms with E-state index in [0.717, 1.165) is 30.1 Å². The average molecular weight is 374 g/mol. The van der Waals surface area contributed by atoms with Crippen LogP contribution in [0.25, 0.3) is 0 Å². The van der Waals surface area contributed by atoms with Crippen LogP contribution < -0.4 is 0 Å². The molecule has 4 saturated carbocycles. The molecule has 0 radical (unpaired) electrons. The number of thioether (sulfide) groups is 2. The van der Waals surface area contributed by atoms with E-state index in [-0.39, 0.29) is 5.37 Å². The molecule has 5 aliphatic rings. The summed E-state index contributed by atoms with van der Waals surface area (Å²) < 4.78 is 0.562. The third-order valence-corrected chi connectivity index (χ3v) is 9.53. The number of carbonyl (C=O) groups is 1. The minimum atomic E-state index is 0.227. The molecule has 1 heterocycles. The predicted octanol–water partition coefficient (Wildman–Crippen LogP) is 4.96. The molecule has 5 fully saturated rings. The number of amides is 1. The van der Waals surface area contributed by atoms with Gasteiger partial charge >= 0.3 is 0 Å². The van der Waals surface area contributed by atoms with Crippen LogP contribution in [0.5, 0.6) is 0 Å². The Labute approximate surface area is 159 Å². The number of hydrogen-bond acceptors (Lipinski definition) is 3. The van der Waals surface area contributed by atoms with Crippen LogP contribution in [0.15, 0.2) is 30.3 Å². The first kappa shape index (κ1) is 16.6. The molecule has 4 bridgehead atoms. The van der Waals surface area contributed by atoms with Gasteiger partial charge in [-0.25, -0.2) is 0 Å². The van der Waals surface area contributed by atoms with Crippen molar-refractivity contribution in [2.24, 2.45) is 17.8 Å². The van der Waals surface area contributed by atoms with Gasteiger partial charge in [-0.1, -0.05) is 30.3 Å². The van der Waals surface area contributed by atoms with Gasteiger partial charge in [-0.3, -0.25) is 4.79 Å². The van der Waals surface area contributed by atoms with E-state index in [9.17, 15) is 4.79 Å². The molecule has 0 N–H and O–H groups in total. The molecule has 4 heteroatoms. The maximum absolute atomic E-state index is 12.4. The van der Waals surface area contributed by atoms with E-state index in [1.807, 2.05) is 0 Å². The molecule has 0 aromatic heterocycles. The smallest absolute Gasteiger partial charge is 0.233 e. The van der Waals surface area contributed by atoms with Gasteiger partial charge in [-0.05, 0) is 61.8 Å². The van der Waals surface area contributed by atoms with Gasteiger partial charge in [0.05, 0.1) is 5.75 Å². The van der Waals surface area contributed by atoms with Crippen molar-refractivity contribution in [2.45, 2.75) is 48.6 Å². The summed E-state index contributed by atoms with van der Waals surface area (Å²) in [6.45, 7) is 0.914. The quantitative estimate of drug-likeness (QED) is 0.727. The highest BCUT2D eigenvalue weighted by Crippen LogP contribution is 2.60. The second-order valence-corrected chi connectivity index (χ2v) is 11.2. The van der Waals surface area contributed by atoms with E-state index < -0.39 is 0 Å².